The number of benzene rings is 1. The van der Waals surface area contributed by atoms with E-state index >= 15 is 0 Å². The maximum absolute atomic E-state index is 6.39. The van der Waals surface area contributed by atoms with Crippen molar-refractivity contribution < 1.29 is 4.74 Å². The van der Waals surface area contributed by atoms with Crippen molar-refractivity contribution in [3.63, 3.8) is 0 Å². The minimum Gasteiger partial charge on any atom is -0.377 e. The Morgan fingerprint density at radius 2 is 2.00 bits per heavy atom. The number of hydrogen-bond acceptors (Lipinski definition) is 3. The monoisotopic (exact) mass is 289 g/mol. The van der Waals surface area contributed by atoms with Gasteiger partial charge in [-0.25, -0.2) is 4.98 Å². The summed E-state index contributed by atoms with van der Waals surface area (Å²) in [6.45, 7) is 7.96. The molecule has 4 nitrogen and oxygen atoms in total. The summed E-state index contributed by atoms with van der Waals surface area (Å²) in [5, 5.41) is 0. The van der Waals surface area contributed by atoms with Crippen molar-refractivity contribution >= 4 is 11.0 Å². The van der Waals surface area contributed by atoms with Crippen LogP contribution in [0, 0.1) is 0 Å². The van der Waals surface area contributed by atoms with Crippen molar-refractivity contribution in [3.05, 3.63) is 30.1 Å². The molecule has 2 unspecified atom stereocenters. The summed E-state index contributed by atoms with van der Waals surface area (Å²) < 4.78 is 8.06. The summed E-state index contributed by atoms with van der Waals surface area (Å²) in [5.41, 5.74) is 8.62. The number of fused-ring (bicyclic) bond motifs is 1. The second kappa shape index (κ2) is 7.57. The number of para-hydroxylation sites is 2. The van der Waals surface area contributed by atoms with E-state index in [1.807, 2.05) is 13.0 Å². The Labute approximate surface area is 127 Å². The highest BCUT2D eigenvalue weighted by Crippen LogP contribution is 2.18. The first kappa shape index (κ1) is 16.0. The average Bonchev–Trinajstić information content (AvgIpc) is 2.83. The Morgan fingerprint density at radius 1 is 1.24 bits per heavy atom. The van der Waals surface area contributed by atoms with Gasteiger partial charge in [0.15, 0.2) is 0 Å². The molecular weight excluding hydrogens is 262 g/mol. The summed E-state index contributed by atoms with van der Waals surface area (Å²) in [7, 11) is 0. The number of ether oxygens (including phenoxy) is 1. The normalized spacial score (nSPS) is 14.5. The molecule has 0 aliphatic heterocycles. The maximum atomic E-state index is 6.39. The van der Waals surface area contributed by atoms with Crippen LogP contribution < -0.4 is 5.73 Å². The molecule has 1 heterocycles. The van der Waals surface area contributed by atoms with Crippen molar-refractivity contribution in [3.8, 4) is 0 Å². The predicted molar refractivity (Wildman–Crippen MR) is 87.4 cm³/mol. The first-order valence-electron chi connectivity index (χ1n) is 8.02. The van der Waals surface area contributed by atoms with Gasteiger partial charge >= 0.3 is 0 Å². The van der Waals surface area contributed by atoms with Gasteiger partial charge in [-0.2, -0.15) is 0 Å². The molecule has 2 atom stereocenters. The number of nitrogens with zero attached hydrogens (tertiary/aromatic N) is 2. The molecule has 21 heavy (non-hydrogen) atoms. The fourth-order valence-electron chi connectivity index (χ4n) is 2.90. The van der Waals surface area contributed by atoms with E-state index in [2.05, 4.69) is 36.6 Å². The smallest absolute Gasteiger partial charge is 0.111 e. The van der Waals surface area contributed by atoms with Gasteiger partial charge in [-0.3, -0.25) is 0 Å². The molecule has 116 valence electrons. The Bertz CT molecular complexity index is 558. The number of aryl methyl sites for hydroxylation is 1. The minimum absolute atomic E-state index is 0.00740. The van der Waals surface area contributed by atoms with Gasteiger partial charge in [-0.1, -0.05) is 25.5 Å². The van der Waals surface area contributed by atoms with Gasteiger partial charge in [-0.05, 0) is 32.4 Å². The van der Waals surface area contributed by atoms with Crippen LogP contribution in [-0.4, -0.2) is 28.3 Å². The van der Waals surface area contributed by atoms with Gasteiger partial charge in [0.05, 0.1) is 17.1 Å². The van der Waals surface area contributed by atoms with E-state index in [-0.39, 0.29) is 12.1 Å². The lowest BCUT2D eigenvalue weighted by molar-refractivity contribution is 0.0372. The molecule has 0 aliphatic carbocycles. The van der Waals surface area contributed by atoms with E-state index in [0.717, 1.165) is 37.1 Å². The molecule has 1 aromatic carbocycles. The van der Waals surface area contributed by atoms with E-state index < -0.39 is 0 Å². The number of imidazole rings is 1. The third-order valence-electron chi connectivity index (χ3n) is 3.90. The van der Waals surface area contributed by atoms with Crippen LogP contribution in [0.2, 0.25) is 0 Å². The first-order valence-corrected chi connectivity index (χ1v) is 8.02. The molecule has 2 rings (SSSR count). The second-order valence-corrected chi connectivity index (χ2v) is 5.41. The summed E-state index contributed by atoms with van der Waals surface area (Å²) >= 11 is 0. The van der Waals surface area contributed by atoms with Gasteiger partial charge in [-0.15, -0.1) is 0 Å². The van der Waals surface area contributed by atoms with Crippen LogP contribution in [0.25, 0.3) is 11.0 Å². The van der Waals surface area contributed by atoms with Gasteiger partial charge in [0.25, 0.3) is 0 Å². The standard InChI is InChI=1S/C17H27N3O/c1-4-9-16(21-6-3)13(18)12-17-19-14-10-7-8-11-15(14)20(17)5-2/h7-8,10-11,13,16H,4-6,9,12,18H2,1-3H3. The largest absolute Gasteiger partial charge is 0.377 e. The van der Waals surface area contributed by atoms with E-state index in [9.17, 15) is 0 Å². The van der Waals surface area contributed by atoms with Gasteiger partial charge in [0, 0.05) is 25.6 Å². The molecule has 2 aromatic rings. The van der Waals surface area contributed by atoms with Crippen molar-refractivity contribution in [2.24, 2.45) is 5.73 Å². The van der Waals surface area contributed by atoms with Gasteiger partial charge < -0.3 is 15.0 Å². The predicted octanol–water partition coefficient (Wildman–Crippen LogP) is 3.13. The first-order chi connectivity index (χ1) is 10.2. The molecule has 0 radical (unpaired) electrons. The number of rotatable bonds is 8. The number of hydrogen-bond donors (Lipinski definition) is 1. The van der Waals surface area contributed by atoms with Crippen molar-refractivity contribution in [1.29, 1.82) is 0 Å². The van der Waals surface area contributed by atoms with Crippen LogP contribution in [0.15, 0.2) is 24.3 Å². The lowest BCUT2D eigenvalue weighted by atomic mass is 10.0. The van der Waals surface area contributed by atoms with Crippen LogP contribution in [0.3, 0.4) is 0 Å². The zero-order valence-electron chi connectivity index (χ0n) is 13.4. The summed E-state index contributed by atoms with van der Waals surface area (Å²) in [4.78, 5) is 4.75. The summed E-state index contributed by atoms with van der Waals surface area (Å²) in [5.74, 6) is 1.06. The topological polar surface area (TPSA) is 53.1 Å². The van der Waals surface area contributed by atoms with Crippen LogP contribution >= 0.6 is 0 Å². The molecule has 1 aromatic heterocycles. The fourth-order valence-corrected chi connectivity index (χ4v) is 2.90. The van der Waals surface area contributed by atoms with Gasteiger partial charge in [0.1, 0.15) is 5.82 Å². The summed E-state index contributed by atoms with van der Waals surface area (Å²) in [6.07, 6.45) is 2.96. The lowest BCUT2D eigenvalue weighted by Crippen LogP contribution is -2.39. The zero-order valence-corrected chi connectivity index (χ0v) is 13.4. The highest BCUT2D eigenvalue weighted by Gasteiger charge is 2.20. The van der Waals surface area contributed by atoms with Crippen molar-refractivity contribution in [1.82, 2.24) is 9.55 Å². The quantitative estimate of drug-likeness (QED) is 0.812. The molecule has 0 saturated heterocycles. The second-order valence-electron chi connectivity index (χ2n) is 5.41. The van der Waals surface area contributed by atoms with Crippen LogP contribution in [0.5, 0.6) is 0 Å². The summed E-state index contributed by atoms with van der Waals surface area (Å²) in [6, 6.07) is 8.25. The highest BCUT2D eigenvalue weighted by atomic mass is 16.5. The Kier molecular flexibility index (Phi) is 5.76. The fraction of sp³-hybridized carbons (Fsp3) is 0.588. The molecule has 0 aliphatic rings. The maximum Gasteiger partial charge on any atom is 0.111 e. The third kappa shape index (κ3) is 3.63. The van der Waals surface area contributed by atoms with Crippen molar-refractivity contribution in [2.75, 3.05) is 6.61 Å². The highest BCUT2D eigenvalue weighted by molar-refractivity contribution is 5.75. The van der Waals surface area contributed by atoms with E-state index in [0.29, 0.717) is 6.61 Å². The van der Waals surface area contributed by atoms with E-state index in [4.69, 9.17) is 15.5 Å². The number of aromatic nitrogens is 2. The molecule has 0 amide bonds. The van der Waals surface area contributed by atoms with Crippen molar-refractivity contribution in [2.45, 2.75) is 58.7 Å². The van der Waals surface area contributed by atoms with E-state index in [1.165, 1.54) is 5.52 Å². The number of nitrogens with two attached hydrogens (primary N) is 1. The molecule has 0 spiro atoms. The van der Waals surface area contributed by atoms with Crippen LogP contribution in [0.1, 0.15) is 39.4 Å². The molecule has 0 saturated carbocycles. The third-order valence-corrected chi connectivity index (χ3v) is 3.90. The average molecular weight is 289 g/mol. The lowest BCUT2D eigenvalue weighted by Gasteiger charge is -2.23. The SMILES string of the molecule is CCCC(OCC)C(N)Cc1nc2ccccc2n1CC. The molecule has 0 bridgehead atoms. The minimum atomic E-state index is -0.00740. The Morgan fingerprint density at radius 3 is 2.67 bits per heavy atom. The molecule has 2 N–H and O–H groups in total. The molecule has 0 fully saturated rings. The van der Waals surface area contributed by atoms with Gasteiger partial charge in [0.2, 0.25) is 0 Å². The van der Waals surface area contributed by atoms with Crippen LogP contribution in [0.4, 0.5) is 0 Å². The van der Waals surface area contributed by atoms with Crippen LogP contribution in [-0.2, 0) is 17.7 Å². The van der Waals surface area contributed by atoms with E-state index in [1.54, 1.807) is 0 Å². The Hall–Kier alpha value is -1.39. The molecule has 4 heteroatoms. The zero-order chi connectivity index (χ0) is 15.2. The Balaban J connectivity index is 2.21. The molecular formula is C17H27N3O.